The highest BCUT2D eigenvalue weighted by atomic mass is 32.1. The van der Waals surface area contributed by atoms with Crippen molar-refractivity contribution in [3.8, 4) is 0 Å². The van der Waals surface area contributed by atoms with Gasteiger partial charge in [0.15, 0.2) is 3.95 Å². The molecule has 0 aliphatic rings. The molecule has 2 aromatic rings. The molecular weight excluding hydrogens is 352 g/mol. The molecule has 0 bridgehead atoms. The number of rotatable bonds is 8. The molecule has 0 aliphatic carbocycles. The van der Waals surface area contributed by atoms with Crippen molar-refractivity contribution in [2.45, 2.75) is 40.0 Å². The molecule has 0 unspecified atom stereocenters. The first kappa shape index (κ1) is 19.6. The number of hydrogen-bond donors (Lipinski definition) is 2. The number of H-pyrrole nitrogens is 1. The number of hydrogen-bond acceptors (Lipinski definition) is 5. The van der Waals surface area contributed by atoms with Gasteiger partial charge in [-0.1, -0.05) is 31.3 Å². The minimum absolute atomic E-state index is 0.0529. The van der Waals surface area contributed by atoms with Crippen LogP contribution >= 0.6 is 23.6 Å². The molecule has 1 aromatic heterocycles. The summed E-state index contributed by atoms with van der Waals surface area (Å²) < 4.78 is 0.662. The number of amides is 1. The van der Waals surface area contributed by atoms with Crippen LogP contribution < -0.4 is 10.2 Å². The van der Waals surface area contributed by atoms with Gasteiger partial charge in [0.2, 0.25) is 0 Å². The number of aromatic amines is 1. The molecule has 2 N–H and O–H groups in total. The van der Waals surface area contributed by atoms with Crippen molar-refractivity contribution in [1.29, 1.82) is 0 Å². The zero-order valence-electron chi connectivity index (χ0n) is 15.3. The standard InChI is InChI=1S/C18H26N4OS2/c1-5-22(6-2)15-11-13(7-8-14(15)12(3)4)17(23)19-10-9-16-20-21-18(24)25-16/h7-8,11-12H,5-6,9-10H2,1-4H3,(H,19,23)(H,21,24). The molecule has 0 spiro atoms. The molecule has 1 heterocycles. The van der Waals surface area contributed by atoms with E-state index >= 15 is 0 Å². The largest absolute Gasteiger partial charge is 0.372 e. The number of nitrogens with zero attached hydrogens (tertiary/aromatic N) is 2. The highest BCUT2D eigenvalue weighted by Gasteiger charge is 2.15. The Balaban J connectivity index is 2.10. The van der Waals surface area contributed by atoms with E-state index in [4.69, 9.17) is 12.2 Å². The Labute approximate surface area is 158 Å². The molecule has 1 aromatic carbocycles. The SMILES string of the molecule is CCN(CC)c1cc(C(=O)NCCc2n[nH]c(=S)s2)ccc1C(C)C. The van der Waals surface area contributed by atoms with Gasteiger partial charge >= 0.3 is 0 Å². The van der Waals surface area contributed by atoms with Gasteiger partial charge in [0.25, 0.3) is 5.91 Å². The van der Waals surface area contributed by atoms with E-state index in [1.54, 1.807) is 0 Å². The lowest BCUT2D eigenvalue weighted by atomic mass is 9.98. The second-order valence-electron chi connectivity index (χ2n) is 6.11. The van der Waals surface area contributed by atoms with Crippen LogP contribution in [0.4, 0.5) is 5.69 Å². The monoisotopic (exact) mass is 378 g/mol. The van der Waals surface area contributed by atoms with Gasteiger partial charge in [-0.05, 0) is 49.7 Å². The molecule has 25 heavy (non-hydrogen) atoms. The van der Waals surface area contributed by atoms with Crippen molar-refractivity contribution in [2.75, 3.05) is 24.5 Å². The van der Waals surface area contributed by atoms with Gasteiger partial charge in [-0.2, -0.15) is 5.10 Å². The van der Waals surface area contributed by atoms with Gasteiger partial charge in [0.1, 0.15) is 5.01 Å². The summed E-state index contributed by atoms with van der Waals surface area (Å²) in [5.74, 6) is 0.365. The van der Waals surface area contributed by atoms with Gasteiger partial charge in [-0.3, -0.25) is 9.89 Å². The van der Waals surface area contributed by atoms with E-state index in [2.05, 4.69) is 54.2 Å². The Morgan fingerprint density at radius 1 is 1.36 bits per heavy atom. The van der Waals surface area contributed by atoms with E-state index in [9.17, 15) is 4.79 Å². The fraction of sp³-hybridized carbons (Fsp3) is 0.500. The molecule has 0 atom stereocenters. The maximum atomic E-state index is 12.5. The topological polar surface area (TPSA) is 61.0 Å². The Morgan fingerprint density at radius 2 is 2.08 bits per heavy atom. The van der Waals surface area contributed by atoms with E-state index in [0.29, 0.717) is 28.4 Å². The first-order chi connectivity index (χ1) is 12.0. The summed E-state index contributed by atoms with van der Waals surface area (Å²) >= 11 is 6.46. The van der Waals surface area contributed by atoms with Crippen LogP contribution in [0.1, 0.15) is 54.5 Å². The van der Waals surface area contributed by atoms with E-state index in [1.807, 2.05) is 12.1 Å². The Bertz CT molecular complexity index is 762. The second-order valence-corrected chi connectivity index (χ2v) is 7.86. The number of anilines is 1. The summed E-state index contributed by atoms with van der Waals surface area (Å²) in [4.78, 5) is 14.8. The first-order valence-corrected chi connectivity index (χ1v) is 9.90. The van der Waals surface area contributed by atoms with Crippen molar-refractivity contribution in [2.24, 2.45) is 0 Å². The molecule has 0 saturated carbocycles. The number of benzene rings is 1. The fourth-order valence-corrected chi connectivity index (χ4v) is 3.70. The fourth-order valence-electron chi connectivity index (χ4n) is 2.76. The van der Waals surface area contributed by atoms with E-state index < -0.39 is 0 Å². The number of carbonyl (C=O) groups is 1. The van der Waals surface area contributed by atoms with Crippen LogP contribution in [0.25, 0.3) is 0 Å². The van der Waals surface area contributed by atoms with Gasteiger partial charge in [-0.25, -0.2) is 0 Å². The average molecular weight is 379 g/mol. The summed E-state index contributed by atoms with van der Waals surface area (Å²) in [6.07, 6.45) is 0.677. The van der Waals surface area contributed by atoms with Crippen molar-refractivity contribution in [3.63, 3.8) is 0 Å². The van der Waals surface area contributed by atoms with Crippen LogP contribution in [-0.2, 0) is 6.42 Å². The van der Waals surface area contributed by atoms with Crippen LogP contribution in [0.5, 0.6) is 0 Å². The van der Waals surface area contributed by atoms with Crippen LogP contribution in [0.2, 0.25) is 0 Å². The Hall–Kier alpha value is -1.73. The zero-order chi connectivity index (χ0) is 18.4. The maximum absolute atomic E-state index is 12.5. The zero-order valence-corrected chi connectivity index (χ0v) is 16.9. The third-order valence-corrected chi connectivity index (χ3v) is 5.27. The molecule has 1 amide bonds. The highest BCUT2D eigenvalue weighted by molar-refractivity contribution is 7.73. The normalized spacial score (nSPS) is 10.9. The van der Waals surface area contributed by atoms with Gasteiger partial charge in [0.05, 0.1) is 0 Å². The summed E-state index contributed by atoms with van der Waals surface area (Å²) in [5.41, 5.74) is 3.12. The molecule has 7 heteroatoms. The van der Waals surface area contributed by atoms with Crippen molar-refractivity contribution in [3.05, 3.63) is 38.3 Å². The van der Waals surface area contributed by atoms with Crippen LogP contribution in [0.15, 0.2) is 18.2 Å². The lowest BCUT2D eigenvalue weighted by Gasteiger charge is -2.26. The van der Waals surface area contributed by atoms with Crippen molar-refractivity contribution < 1.29 is 4.79 Å². The minimum atomic E-state index is -0.0529. The average Bonchev–Trinajstić information content (AvgIpc) is 3.01. The number of aromatic nitrogens is 2. The van der Waals surface area contributed by atoms with Crippen LogP contribution in [-0.4, -0.2) is 35.7 Å². The van der Waals surface area contributed by atoms with Gasteiger partial charge in [0, 0.05) is 37.3 Å². The third kappa shape index (κ3) is 5.12. The lowest BCUT2D eigenvalue weighted by molar-refractivity contribution is 0.0954. The van der Waals surface area contributed by atoms with E-state index in [1.165, 1.54) is 16.9 Å². The van der Waals surface area contributed by atoms with Crippen molar-refractivity contribution >= 4 is 35.1 Å². The summed E-state index contributed by atoms with van der Waals surface area (Å²) in [7, 11) is 0. The van der Waals surface area contributed by atoms with Crippen LogP contribution in [0, 0.1) is 3.95 Å². The molecular formula is C18H26N4OS2. The predicted octanol–water partition coefficient (Wildman–Crippen LogP) is 4.14. The lowest BCUT2D eigenvalue weighted by Crippen LogP contribution is -2.27. The quantitative estimate of drug-likeness (QED) is 0.678. The predicted molar refractivity (Wildman–Crippen MR) is 107 cm³/mol. The Morgan fingerprint density at radius 3 is 2.64 bits per heavy atom. The second kappa shape index (κ2) is 9.10. The minimum Gasteiger partial charge on any atom is -0.372 e. The Kier molecular flexibility index (Phi) is 7.13. The third-order valence-electron chi connectivity index (χ3n) is 4.13. The summed E-state index contributed by atoms with van der Waals surface area (Å²) in [6.45, 7) is 11.0. The maximum Gasteiger partial charge on any atom is 0.251 e. The van der Waals surface area contributed by atoms with Gasteiger partial charge in [-0.15, -0.1) is 0 Å². The molecule has 136 valence electrons. The summed E-state index contributed by atoms with van der Waals surface area (Å²) in [5, 5.41) is 10.7. The smallest absolute Gasteiger partial charge is 0.251 e. The van der Waals surface area contributed by atoms with E-state index in [0.717, 1.165) is 23.8 Å². The first-order valence-electron chi connectivity index (χ1n) is 8.67. The summed E-state index contributed by atoms with van der Waals surface area (Å²) in [6, 6.07) is 6.00. The molecule has 0 saturated heterocycles. The molecule has 0 radical (unpaired) electrons. The number of nitrogens with one attached hydrogen (secondary N) is 2. The van der Waals surface area contributed by atoms with E-state index in [-0.39, 0.29) is 5.91 Å². The molecule has 0 aliphatic heterocycles. The molecule has 5 nitrogen and oxygen atoms in total. The molecule has 2 rings (SSSR count). The molecule has 0 fully saturated rings. The van der Waals surface area contributed by atoms with Crippen molar-refractivity contribution in [1.82, 2.24) is 15.5 Å². The highest BCUT2D eigenvalue weighted by Crippen LogP contribution is 2.28. The van der Waals surface area contributed by atoms with Gasteiger partial charge < -0.3 is 10.2 Å². The number of carbonyl (C=O) groups excluding carboxylic acids is 1. The van der Waals surface area contributed by atoms with Crippen LogP contribution in [0.3, 0.4) is 0 Å².